The molecular formula is C40H24N4OS. The molecule has 3 aromatic heterocycles. The summed E-state index contributed by atoms with van der Waals surface area (Å²) in [7, 11) is 0. The van der Waals surface area contributed by atoms with E-state index in [1.807, 2.05) is 91.0 Å². The molecule has 5 nitrogen and oxygen atoms in total. The van der Waals surface area contributed by atoms with Crippen LogP contribution in [-0.2, 0) is 0 Å². The Kier molecular flexibility index (Phi) is 6.25. The van der Waals surface area contributed by atoms with Gasteiger partial charge in [0.2, 0.25) is 0 Å². The topological polar surface area (TPSA) is 64.7 Å². The Bertz CT molecular complexity index is 2470. The molecule has 0 aliphatic rings. The van der Waals surface area contributed by atoms with Crippen LogP contribution in [0, 0.1) is 0 Å². The summed E-state index contributed by atoms with van der Waals surface area (Å²) in [5.41, 5.74) is 8.74. The van der Waals surface area contributed by atoms with Crippen LogP contribution in [0.2, 0.25) is 0 Å². The summed E-state index contributed by atoms with van der Waals surface area (Å²) in [4.78, 5) is 19.8. The Morgan fingerprint density at radius 1 is 0.435 bits per heavy atom. The number of hydrogen-bond acceptors (Lipinski definition) is 6. The molecule has 0 atom stereocenters. The van der Waals surface area contributed by atoms with Gasteiger partial charge in [0, 0.05) is 33.0 Å². The summed E-state index contributed by atoms with van der Waals surface area (Å²) in [5.74, 6) is 1.86. The largest absolute Gasteiger partial charge is 0.456 e. The Labute approximate surface area is 268 Å². The zero-order valence-electron chi connectivity index (χ0n) is 24.5. The molecular weight excluding hydrogens is 585 g/mol. The molecule has 0 aliphatic carbocycles. The van der Waals surface area contributed by atoms with Gasteiger partial charge in [0.25, 0.3) is 0 Å². The van der Waals surface area contributed by atoms with Gasteiger partial charge in [-0.15, -0.1) is 11.3 Å². The van der Waals surface area contributed by atoms with Crippen molar-refractivity contribution in [1.29, 1.82) is 0 Å². The van der Waals surface area contributed by atoms with Crippen LogP contribution in [-0.4, -0.2) is 19.9 Å². The van der Waals surface area contributed by atoms with Crippen LogP contribution >= 0.6 is 11.3 Å². The summed E-state index contributed by atoms with van der Waals surface area (Å²) in [6.07, 6.45) is 0. The van der Waals surface area contributed by atoms with Gasteiger partial charge < -0.3 is 4.42 Å². The third kappa shape index (κ3) is 4.64. The average molecular weight is 609 g/mol. The quantitative estimate of drug-likeness (QED) is 0.194. The van der Waals surface area contributed by atoms with Gasteiger partial charge in [-0.1, -0.05) is 115 Å². The van der Waals surface area contributed by atoms with Crippen molar-refractivity contribution in [3.63, 3.8) is 0 Å². The third-order valence-electron chi connectivity index (χ3n) is 8.18. The molecule has 0 fully saturated rings. The maximum absolute atomic E-state index is 6.38. The molecule has 0 N–H and O–H groups in total. The Hall–Kier alpha value is -5.98. The lowest BCUT2D eigenvalue weighted by atomic mass is 10.0. The second kappa shape index (κ2) is 10.9. The smallest absolute Gasteiger partial charge is 0.164 e. The van der Waals surface area contributed by atoms with Crippen LogP contribution in [0.1, 0.15) is 0 Å². The van der Waals surface area contributed by atoms with Crippen molar-refractivity contribution in [1.82, 2.24) is 19.9 Å². The minimum absolute atomic E-state index is 0.603. The minimum atomic E-state index is 0.603. The lowest BCUT2D eigenvalue weighted by Crippen LogP contribution is -2.00. The van der Waals surface area contributed by atoms with Gasteiger partial charge in [0.05, 0.1) is 10.2 Å². The number of thiazole rings is 1. The van der Waals surface area contributed by atoms with Crippen LogP contribution in [0.25, 0.3) is 88.0 Å². The van der Waals surface area contributed by atoms with Gasteiger partial charge in [-0.3, -0.25) is 0 Å². The van der Waals surface area contributed by atoms with Crippen molar-refractivity contribution < 1.29 is 4.42 Å². The lowest BCUT2D eigenvalue weighted by Gasteiger charge is -2.09. The summed E-state index contributed by atoms with van der Waals surface area (Å²) in [6.45, 7) is 0. The minimum Gasteiger partial charge on any atom is -0.456 e. The van der Waals surface area contributed by atoms with E-state index in [1.54, 1.807) is 11.3 Å². The van der Waals surface area contributed by atoms with E-state index in [0.29, 0.717) is 17.5 Å². The molecule has 3 heterocycles. The predicted octanol–water partition coefficient (Wildman–Crippen LogP) is 10.7. The normalized spacial score (nSPS) is 11.5. The monoisotopic (exact) mass is 608 g/mol. The number of nitrogens with zero attached hydrogens (tertiary/aromatic N) is 4. The van der Waals surface area contributed by atoms with E-state index >= 15 is 0 Å². The van der Waals surface area contributed by atoms with Crippen molar-refractivity contribution in [2.45, 2.75) is 0 Å². The molecule has 6 aromatic carbocycles. The van der Waals surface area contributed by atoms with Crippen molar-refractivity contribution >= 4 is 43.5 Å². The highest BCUT2D eigenvalue weighted by molar-refractivity contribution is 7.21. The van der Waals surface area contributed by atoms with Gasteiger partial charge >= 0.3 is 0 Å². The first-order valence-electron chi connectivity index (χ1n) is 15.1. The van der Waals surface area contributed by atoms with Crippen LogP contribution in [0.4, 0.5) is 0 Å². The lowest BCUT2D eigenvalue weighted by molar-refractivity contribution is 0.669. The van der Waals surface area contributed by atoms with E-state index in [2.05, 4.69) is 54.6 Å². The highest BCUT2D eigenvalue weighted by Crippen LogP contribution is 2.39. The number of fused-ring (bicyclic) bond motifs is 4. The van der Waals surface area contributed by atoms with E-state index in [4.69, 9.17) is 24.4 Å². The van der Waals surface area contributed by atoms with Crippen LogP contribution in [0.5, 0.6) is 0 Å². The SMILES string of the molecule is c1ccc(-c2nc(-c3ccccc3)nc(-c3cccc4oc5ccc(-c6ccc7nc(-c8ccccc8)sc7c6)cc5c34)n2)cc1. The van der Waals surface area contributed by atoms with Crippen LogP contribution in [0.15, 0.2) is 150 Å². The van der Waals surface area contributed by atoms with Crippen molar-refractivity contribution in [3.8, 4) is 55.9 Å². The number of aromatic nitrogens is 4. The maximum atomic E-state index is 6.38. The van der Waals surface area contributed by atoms with Crippen molar-refractivity contribution in [3.05, 3.63) is 146 Å². The molecule has 0 spiro atoms. The first-order valence-corrected chi connectivity index (χ1v) is 15.9. The number of rotatable bonds is 5. The Morgan fingerprint density at radius 2 is 1.04 bits per heavy atom. The fraction of sp³-hybridized carbons (Fsp3) is 0. The van der Waals surface area contributed by atoms with E-state index in [0.717, 1.165) is 70.5 Å². The fourth-order valence-corrected chi connectivity index (χ4v) is 6.94. The molecule has 0 saturated heterocycles. The molecule has 0 unspecified atom stereocenters. The molecule has 0 bridgehead atoms. The molecule has 216 valence electrons. The van der Waals surface area contributed by atoms with Crippen molar-refractivity contribution in [2.75, 3.05) is 0 Å². The molecule has 0 saturated carbocycles. The molecule has 9 aromatic rings. The zero-order valence-corrected chi connectivity index (χ0v) is 25.3. The summed E-state index contributed by atoms with van der Waals surface area (Å²) < 4.78 is 7.53. The zero-order chi connectivity index (χ0) is 30.5. The average Bonchev–Trinajstić information content (AvgIpc) is 3.74. The molecule has 46 heavy (non-hydrogen) atoms. The Balaban J connectivity index is 1.20. The van der Waals surface area contributed by atoms with Gasteiger partial charge in [-0.05, 0) is 41.5 Å². The van der Waals surface area contributed by atoms with Gasteiger partial charge in [-0.2, -0.15) is 0 Å². The first kappa shape index (κ1) is 26.4. The van der Waals surface area contributed by atoms with E-state index < -0.39 is 0 Å². The number of benzene rings is 6. The van der Waals surface area contributed by atoms with Gasteiger partial charge in [0.1, 0.15) is 16.2 Å². The van der Waals surface area contributed by atoms with E-state index in [1.165, 1.54) is 0 Å². The van der Waals surface area contributed by atoms with E-state index in [9.17, 15) is 0 Å². The van der Waals surface area contributed by atoms with Gasteiger partial charge in [-0.25, -0.2) is 19.9 Å². The molecule has 0 amide bonds. The molecule has 0 aliphatic heterocycles. The number of hydrogen-bond donors (Lipinski definition) is 0. The summed E-state index contributed by atoms with van der Waals surface area (Å²) >= 11 is 1.71. The standard InChI is InChI=1S/C40H24N4OS/c1-4-11-25(12-5-1)37-42-38(26-13-6-2-7-14-26)44-39(43-37)30-17-10-18-34-36(30)31-23-28(20-22-33(31)45-34)29-19-21-32-35(24-29)46-40(41-32)27-15-8-3-9-16-27/h1-24H. The third-order valence-corrected chi connectivity index (χ3v) is 9.25. The molecule has 0 radical (unpaired) electrons. The van der Waals surface area contributed by atoms with Crippen LogP contribution in [0.3, 0.4) is 0 Å². The van der Waals surface area contributed by atoms with Gasteiger partial charge in [0.15, 0.2) is 17.5 Å². The van der Waals surface area contributed by atoms with E-state index in [-0.39, 0.29) is 0 Å². The highest BCUT2D eigenvalue weighted by atomic mass is 32.1. The second-order valence-corrected chi connectivity index (χ2v) is 12.1. The molecule has 9 rings (SSSR count). The fourth-order valence-electron chi connectivity index (χ4n) is 5.93. The summed E-state index contributed by atoms with van der Waals surface area (Å²) in [5, 5.41) is 3.02. The summed E-state index contributed by atoms with van der Waals surface area (Å²) in [6, 6.07) is 49.4. The number of furan rings is 1. The predicted molar refractivity (Wildman–Crippen MR) is 187 cm³/mol. The first-order chi connectivity index (χ1) is 22.8. The second-order valence-electron chi connectivity index (χ2n) is 11.1. The highest BCUT2D eigenvalue weighted by Gasteiger charge is 2.18. The molecule has 6 heteroatoms. The maximum Gasteiger partial charge on any atom is 0.164 e. The van der Waals surface area contributed by atoms with Crippen molar-refractivity contribution in [2.24, 2.45) is 0 Å². The van der Waals surface area contributed by atoms with Crippen LogP contribution < -0.4 is 0 Å². The Morgan fingerprint density at radius 3 is 1.74 bits per heavy atom.